The van der Waals surface area contributed by atoms with Gasteiger partial charge in [-0.1, -0.05) is 55.3 Å². The number of rotatable bonds is 1. The number of hydrogen-bond acceptors (Lipinski definition) is 4. The van der Waals surface area contributed by atoms with Crippen LogP contribution in [0.5, 0.6) is 0 Å². The predicted octanol–water partition coefficient (Wildman–Crippen LogP) is 5.82. The van der Waals surface area contributed by atoms with E-state index in [-0.39, 0.29) is 22.5 Å². The maximum atomic E-state index is 13.0. The van der Waals surface area contributed by atoms with Crippen LogP contribution in [0.1, 0.15) is 74.6 Å². The Balaban J connectivity index is 1.49. The highest BCUT2D eigenvalue weighted by molar-refractivity contribution is 5.67. The molecule has 0 bridgehead atoms. The third-order valence-corrected chi connectivity index (χ3v) is 10.1. The number of aliphatic hydroxyl groups is 1. The lowest BCUT2D eigenvalue weighted by atomic mass is 9.47. The van der Waals surface area contributed by atoms with Crippen LogP contribution in [-0.4, -0.2) is 11.2 Å². The molecule has 2 saturated carbocycles. The zero-order valence-corrected chi connectivity index (χ0v) is 20.4. The van der Waals surface area contributed by atoms with E-state index in [1.54, 1.807) is 0 Å². The summed E-state index contributed by atoms with van der Waals surface area (Å²) in [6.07, 6.45) is 8.95. The van der Waals surface area contributed by atoms with Crippen LogP contribution in [0.2, 0.25) is 0 Å². The summed E-state index contributed by atoms with van der Waals surface area (Å²) in [7, 11) is 0. The normalized spacial score (nSPS) is 35.9. The summed E-state index contributed by atoms with van der Waals surface area (Å²) in [5.74, 6) is 2.15. The molecule has 1 aromatic heterocycles. The van der Waals surface area contributed by atoms with Crippen molar-refractivity contribution < 1.29 is 9.52 Å². The van der Waals surface area contributed by atoms with Crippen molar-refractivity contribution >= 4 is 0 Å². The van der Waals surface area contributed by atoms with E-state index in [0.717, 1.165) is 67.2 Å². The Bertz CT molecular complexity index is 1300. The molecular weight excluding hydrogens is 422 g/mol. The second kappa shape index (κ2) is 7.43. The second-order valence-corrected chi connectivity index (χ2v) is 11.7. The Morgan fingerprint density at radius 1 is 1.06 bits per heavy atom. The highest BCUT2D eigenvalue weighted by Crippen LogP contribution is 2.64. The molecule has 0 aliphatic heterocycles. The lowest BCUT2D eigenvalue weighted by molar-refractivity contribution is -0.0163. The Morgan fingerprint density at radius 2 is 1.79 bits per heavy atom. The van der Waals surface area contributed by atoms with Crippen LogP contribution in [0.3, 0.4) is 0 Å². The van der Waals surface area contributed by atoms with E-state index < -0.39 is 5.63 Å². The SMILES string of the molecule is Cc1ccc(-c2oc(=O)c(C#N)c3c2C[C@H]2[C@@H]4CC=C5C[C@@H](O)CC[C@]5(C)[C@H]4CC[C@]32C)cc1. The van der Waals surface area contributed by atoms with Gasteiger partial charge in [0.05, 0.1) is 6.10 Å². The molecule has 2 fully saturated rings. The minimum Gasteiger partial charge on any atom is -0.421 e. The van der Waals surface area contributed by atoms with Crippen molar-refractivity contribution in [2.75, 3.05) is 0 Å². The fourth-order valence-corrected chi connectivity index (χ4v) is 8.31. The van der Waals surface area contributed by atoms with Gasteiger partial charge >= 0.3 is 5.63 Å². The molecule has 1 heterocycles. The van der Waals surface area contributed by atoms with Crippen LogP contribution in [0.25, 0.3) is 11.3 Å². The fraction of sp³-hybridized carbons (Fsp3) is 0.533. The van der Waals surface area contributed by atoms with Crippen LogP contribution >= 0.6 is 0 Å². The number of nitrogens with zero attached hydrogens (tertiary/aromatic N) is 1. The van der Waals surface area contributed by atoms with E-state index in [9.17, 15) is 15.2 Å². The Kier molecular flexibility index (Phi) is 4.78. The van der Waals surface area contributed by atoms with E-state index >= 15 is 0 Å². The van der Waals surface area contributed by atoms with Crippen molar-refractivity contribution in [1.29, 1.82) is 5.26 Å². The van der Waals surface area contributed by atoms with Crippen LogP contribution < -0.4 is 5.63 Å². The molecule has 4 aliphatic carbocycles. The van der Waals surface area contributed by atoms with Gasteiger partial charge in [-0.05, 0) is 86.0 Å². The maximum Gasteiger partial charge on any atom is 0.354 e. The number of aliphatic hydroxyl groups excluding tert-OH is 1. The van der Waals surface area contributed by atoms with E-state index in [1.807, 2.05) is 24.3 Å². The van der Waals surface area contributed by atoms with E-state index in [4.69, 9.17) is 4.42 Å². The highest BCUT2D eigenvalue weighted by Gasteiger charge is 2.58. The number of hydrogen-bond donors (Lipinski definition) is 1. The molecule has 0 unspecified atom stereocenters. The van der Waals surface area contributed by atoms with Gasteiger partial charge in [-0.3, -0.25) is 0 Å². The molecule has 4 heteroatoms. The first-order chi connectivity index (χ1) is 16.3. The molecule has 176 valence electrons. The molecule has 0 radical (unpaired) electrons. The van der Waals surface area contributed by atoms with Gasteiger partial charge in [0.2, 0.25) is 0 Å². The van der Waals surface area contributed by atoms with Crippen molar-refractivity contribution in [3.63, 3.8) is 0 Å². The molecule has 6 rings (SSSR count). The topological polar surface area (TPSA) is 74.2 Å². The predicted molar refractivity (Wildman–Crippen MR) is 131 cm³/mol. The second-order valence-electron chi connectivity index (χ2n) is 11.7. The van der Waals surface area contributed by atoms with Crippen molar-refractivity contribution in [2.45, 2.75) is 77.2 Å². The van der Waals surface area contributed by atoms with Crippen LogP contribution in [0.4, 0.5) is 0 Å². The van der Waals surface area contributed by atoms with Gasteiger partial charge in [-0.15, -0.1) is 0 Å². The highest BCUT2D eigenvalue weighted by atomic mass is 16.4. The average Bonchev–Trinajstić information content (AvgIpc) is 3.13. The van der Waals surface area contributed by atoms with Gasteiger partial charge < -0.3 is 9.52 Å². The molecule has 6 atom stereocenters. The van der Waals surface area contributed by atoms with Gasteiger partial charge in [0.1, 0.15) is 17.4 Å². The summed E-state index contributed by atoms with van der Waals surface area (Å²) in [6.45, 7) is 6.77. The molecule has 4 nitrogen and oxygen atoms in total. The van der Waals surface area contributed by atoms with Gasteiger partial charge in [-0.2, -0.15) is 5.26 Å². The van der Waals surface area contributed by atoms with Crippen molar-refractivity contribution in [2.24, 2.45) is 23.2 Å². The molecule has 4 aliphatic rings. The summed E-state index contributed by atoms with van der Waals surface area (Å²) >= 11 is 0. The van der Waals surface area contributed by atoms with Crippen LogP contribution in [0, 0.1) is 41.4 Å². The number of aryl methyl sites for hydroxylation is 1. The smallest absolute Gasteiger partial charge is 0.354 e. The summed E-state index contributed by atoms with van der Waals surface area (Å²) < 4.78 is 5.85. The molecule has 0 amide bonds. The number of fused-ring (bicyclic) bond motifs is 7. The lowest BCUT2D eigenvalue weighted by Gasteiger charge is -2.57. The van der Waals surface area contributed by atoms with Crippen LogP contribution in [0.15, 0.2) is 45.1 Å². The van der Waals surface area contributed by atoms with Gasteiger partial charge in [-0.25, -0.2) is 4.79 Å². The summed E-state index contributed by atoms with van der Waals surface area (Å²) in [5, 5.41) is 20.3. The van der Waals surface area contributed by atoms with E-state index in [1.165, 1.54) is 5.57 Å². The molecular formula is C30H33NO3. The molecule has 1 aromatic carbocycles. The quantitative estimate of drug-likeness (QED) is 0.550. The Hall–Kier alpha value is -2.64. The largest absolute Gasteiger partial charge is 0.421 e. The van der Waals surface area contributed by atoms with Crippen molar-refractivity contribution in [3.05, 3.63) is 68.6 Å². The molecule has 0 saturated heterocycles. The van der Waals surface area contributed by atoms with Gasteiger partial charge in [0.15, 0.2) is 0 Å². The van der Waals surface area contributed by atoms with E-state index in [0.29, 0.717) is 23.5 Å². The van der Waals surface area contributed by atoms with E-state index in [2.05, 4.69) is 32.9 Å². The average molecular weight is 456 g/mol. The monoisotopic (exact) mass is 455 g/mol. The first-order valence-electron chi connectivity index (χ1n) is 12.8. The zero-order valence-electron chi connectivity index (χ0n) is 20.4. The lowest BCUT2D eigenvalue weighted by Crippen LogP contribution is -2.51. The molecule has 0 spiro atoms. The minimum atomic E-state index is -0.500. The first kappa shape index (κ1) is 21.9. The number of benzene rings is 1. The molecule has 2 aromatic rings. The van der Waals surface area contributed by atoms with Crippen molar-refractivity contribution in [1.82, 2.24) is 0 Å². The van der Waals surface area contributed by atoms with Crippen molar-refractivity contribution in [3.8, 4) is 17.4 Å². The Morgan fingerprint density at radius 3 is 2.53 bits per heavy atom. The van der Waals surface area contributed by atoms with Gasteiger partial charge in [0.25, 0.3) is 0 Å². The third-order valence-electron chi connectivity index (χ3n) is 10.1. The number of nitriles is 1. The summed E-state index contributed by atoms with van der Waals surface area (Å²) in [4.78, 5) is 13.0. The minimum absolute atomic E-state index is 0.157. The van der Waals surface area contributed by atoms with Crippen LogP contribution in [-0.2, 0) is 11.8 Å². The summed E-state index contributed by atoms with van der Waals surface area (Å²) in [6, 6.07) is 10.4. The zero-order chi connectivity index (χ0) is 23.8. The fourth-order valence-electron chi connectivity index (χ4n) is 8.31. The number of allylic oxidation sites excluding steroid dienone is 1. The third kappa shape index (κ3) is 2.89. The first-order valence-corrected chi connectivity index (χ1v) is 12.8. The molecule has 1 N–H and O–H groups in total. The maximum absolute atomic E-state index is 13.0. The molecule has 34 heavy (non-hydrogen) atoms. The van der Waals surface area contributed by atoms with Gasteiger partial charge in [0, 0.05) is 11.1 Å². The summed E-state index contributed by atoms with van der Waals surface area (Å²) in [5.41, 5.74) is 5.26. The standard InChI is InChI=1S/C30H33NO3/c1-17-4-6-18(7-5-17)27-22-15-25-21-9-8-19-14-20(32)10-12-29(19,2)24(21)11-13-30(25,3)26(22)23(16-31)28(33)34-27/h4-8,20-21,24-25,32H,9-15H2,1-3H3/t20-,21+,24-,25-,29-,30-/m0/s1. The Labute approximate surface area is 201 Å².